The lowest BCUT2D eigenvalue weighted by molar-refractivity contribution is -0.533. The molecule has 0 aliphatic rings. The number of benzene rings is 3. The van der Waals surface area contributed by atoms with Gasteiger partial charge < -0.3 is 0 Å². The van der Waals surface area contributed by atoms with E-state index in [0.29, 0.717) is 11.1 Å². The molecule has 4 heteroatoms. The van der Waals surface area contributed by atoms with Gasteiger partial charge in [-0.2, -0.15) is 0 Å². The molecule has 0 aromatic heterocycles. The normalized spacial score (nSPS) is 12.9. The van der Waals surface area contributed by atoms with Gasteiger partial charge in [0.2, 0.25) is 6.04 Å². The Morgan fingerprint density at radius 2 is 1.23 bits per heavy atom. The van der Waals surface area contributed by atoms with Crippen molar-refractivity contribution in [1.29, 1.82) is 0 Å². The molecule has 2 atom stereocenters. The lowest BCUT2D eigenvalue weighted by Crippen LogP contribution is -2.22. The smallest absolute Gasteiger partial charge is 0.245 e. The molecule has 0 aliphatic carbocycles. The molecule has 2 unspecified atom stereocenters. The monoisotopic (exact) mass is 345 g/mol. The van der Waals surface area contributed by atoms with Crippen molar-refractivity contribution < 1.29 is 9.72 Å². The Morgan fingerprint density at radius 1 is 0.769 bits per heavy atom. The van der Waals surface area contributed by atoms with E-state index in [1.165, 1.54) is 0 Å². The Morgan fingerprint density at radius 3 is 1.73 bits per heavy atom. The van der Waals surface area contributed by atoms with Crippen molar-refractivity contribution in [1.82, 2.24) is 0 Å². The number of carbonyl (C=O) groups excluding carboxylic acids is 1. The predicted molar refractivity (Wildman–Crippen MR) is 101 cm³/mol. The summed E-state index contributed by atoms with van der Waals surface area (Å²) in [6.45, 7) is 0. The Kier molecular flexibility index (Phi) is 5.54. The Labute approximate surface area is 152 Å². The van der Waals surface area contributed by atoms with Crippen molar-refractivity contribution in [3.63, 3.8) is 0 Å². The molecule has 3 rings (SSSR count). The molecule has 0 fully saturated rings. The second kappa shape index (κ2) is 8.21. The first kappa shape index (κ1) is 17.5. The van der Waals surface area contributed by atoms with Crippen LogP contribution in [0.4, 0.5) is 0 Å². The van der Waals surface area contributed by atoms with Crippen LogP contribution in [0.25, 0.3) is 0 Å². The Balaban J connectivity index is 2.00. The first-order valence-electron chi connectivity index (χ1n) is 8.48. The highest BCUT2D eigenvalue weighted by Crippen LogP contribution is 2.37. The largest absolute Gasteiger partial charge is 0.294 e. The minimum Gasteiger partial charge on any atom is -0.294 e. The van der Waals surface area contributed by atoms with E-state index in [9.17, 15) is 14.9 Å². The molecule has 0 saturated carbocycles. The molecule has 0 radical (unpaired) electrons. The standard InChI is InChI=1S/C22H19NO3/c24-21(18-12-6-2-7-13-18)16-20(17-10-4-1-5-11-17)22(23(25)26)19-14-8-3-9-15-19/h1-15,20,22H,16H2. The maximum absolute atomic E-state index is 12.8. The predicted octanol–water partition coefficient (Wildman–Crippen LogP) is 5.06. The number of ketones is 1. The summed E-state index contributed by atoms with van der Waals surface area (Å²) in [7, 11) is 0. The summed E-state index contributed by atoms with van der Waals surface area (Å²) in [5.74, 6) is -0.636. The van der Waals surface area contributed by atoms with Gasteiger partial charge in [0, 0.05) is 22.5 Å². The Hall–Kier alpha value is -3.27. The fourth-order valence-electron chi connectivity index (χ4n) is 3.20. The molecular weight excluding hydrogens is 326 g/mol. The Bertz CT molecular complexity index is 864. The van der Waals surface area contributed by atoms with Crippen LogP contribution in [0.3, 0.4) is 0 Å². The maximum Gasteiger partial charge on any atom is 0.245 e. The highest BCUT2D eigenvalue weighted by molar-refractivity contribution is 5.96. The van der Waals surface area contributed by atoms with Gasteiger partial charge in [0.1, 0.15) is 0 Å². The number of carbonyl (C=O) groups is 1. The molecule has 26 heavy (non-hydrogen) atoms. The van der Waals surface area contributed by atoms with E-state index < -0.39 is 12.0 Å². The molecule has 0 aliphatic heterocycles. The van der Waals surface area contributed by atoms with Gasteiger partial charge in [0.25, 0.3) is 0 Å². The van der Waals surface area contributed by atoms with Crippen molar-refractivity contribution in [2.75, 3.05) is 0 Å². The molecule has 0 N–H and O–H groups in total. The number of nitrogens with zero attached hydrogens (tertiary/aromatic N) is 1. The van der Waals surface area contributed by atoms with Gasteiger partial charge in [0.05, 0.1) is 5.92 Å². The number of Topliss-reactive ketones (excluding diaryl/α,β-unsaturated/α-hetero) is 1. The third-order valence-electron chi connectivity index (χ3n) is 4.48. The van der Waals surface area contributed by atoms with Crippen molar-refractivity contribution >= 4 is 5.78 Å². The second-order valence-electron chi connectivity index (χ2n) is 6.15. The molecule has 0 saturated heterocycles. The summed E-state index contributed by atoms with van der Waals surface area (Å²) in [6.07, 6.45) is 0.0779. The zero-order chi connectivity index (χ0) is 18.4. The van der Waals surface area contributed by atoms with Crippen molar-refractivity contribution in [3.8, 4) is 0 Å². The summed E-state index contributed by atoms with van der Waals surface area (Å²) in [6, 6.07) is 26.1. The van der Waals surface area contributed by atoms with Crippen molar-refractivity contribution in [3.05, 3.63) is 118 Å². The van der Waals surface area contributed by atoms with Crippen molar-refractivity contribution in [2.45, 2.75) is 18.4 Å². The van der Waals surface area contributed by atoms with Crippen LogP contribution in [0.15, 0.2) is 91.0 Å². The molecule has 0 bridgehead atoms. The number of nitro groups is 1. The van der Waals surface area contributed by atoms with Gasteiger partial charge in [-0.15, -0.1) is 0 Å². The quantitative estimate of drug-likeness (QED) is 0.341. The SMILES string of the molecule is O=C(CC(c1ccccc1)C(c1ccccc1)[N+](=O)[O-])c1ccccc1. The van der Waals surface area contributed by atoms with Gasteiger partial charge in [0.15, 0.2) is 5.78 Å². The summed E-state index contributed by atoms with van der Waals surface area (Å²) >= 11 is 0. The fourth-order valence-corrected chi connectivity index (χ4v) is 3.20. The first-order valence-corrected chi connectivity index (χ1v) is 8.48. The van der Waals surface area contributed by atoms with E-state index in [0.717, 1.165) is 5.56 Å². The molecule has 3 aromatic rings. The van der Waals surface area contributed by atoms with Crippen LogP contribution in [-0.4, -0.2) is 10.7 Å². The zero-order valence-electron chi connectivity index (χ0n) is 14.2. The van der Waals surface area contributed by atoms with Crippen LogP contribution in [0, 0.1) is 10.1 Å². The first-order chi connectivity index (χ1) is 12.7. The van der Waals surface area contributed by atoms with Gasteiger partial charge in [-0.25, -0.2) is 0 Å². The summed E-state index contributed by atoms with van der Waals surface area (Å²) in [5, 5.41) is 11.9. The van der Waals surface area contributed by atoms with E-state index in [1.54, 1.807) is 48.5 Å². The van der Waals surface area contributed by atoms with Crippen molar-refractivity contribution in [2.24, 2.45) is 0 Å². The third kappa shape index (κ3) is 4.03. The third-order valence-corrected chi connectivity index (χ3v) is 4.48. The zero-order valence-corrected chi connectivity index (χ0v) is 14.2. The average Bonchev–Trinajstić information content (AvgIpc) is 2.69. The van der Waals surface area contributed by atoms with Gasteiger partial charge in [-0.1, -0.05) is 91.0 Å². The van der Waals surface area contributed by atoms with Crippen LogP contribution < -0.4 is 0 Å². The topological polar surface area (TPSA) is 60.2 Å². The molecule has 0 spiro atoms. The minimum absolute atomic E-state index is 0.0779. The lowest BCUT2D eigenvalue weighted by atomic mass is 9.83. The number of hydrogen-bond acceptors (Lipinski definition) is 3. The highest BCUT2D eigenvalue weighted by Gasteiger charge is 2.36. The van der Waals surface area contributed by atoms with Gasteiger partial charge in [-0.3, -0.25) is 14.9 Å². The van der Waals surface area contributed by atoms with Crippen LogP contribution in [0.1, 0.15) is 39.9 Å². The van der Waals surface area contributed by atoms with Gasteiger partial charge in [-0.05, 0) is 5.56 Å². The second-order valence-corrected chi connectivity index (χ2v) is 6.15. The van der Waals surface area contributed by atoms with E-state index >= 15 is 0 Å². The van der Waals surface area contributed by atoms with Crippen LogP contribution in [0.2, 0.25) is 0 Å². The van der Waals surface area contributed by atoms with Gasteiger partial charge >= 0.3 is 0 Å². The molecule has 3 aromatic carbocycles. The summed E-state index contributed by atoms with van der Waals surface area (Å²) in [5.41, 5.74) is 1.97. The van der Waals surface area contributed by atoms with Crippen LogP contribution in [0.5, 0.6) is 0 Å². The summed E-state index contributed by atoms with van der Waals surface area (Å²) < 4.78 is 0. The lowest BCUT2D eigenvalue weighted by Gasteiger charge is -2.21. The average molecular weight is 345 g/mol. The highest BCUT2D eigenvalue weighted by atomic mass is 16.6. The minimum atomic E-state index is -0.980. The molecule has 0 amide bonds. The molecule has 130 valence electrons. The molecule has 4 nitrogen and oxygen atoms in total. The van der Waals surface area contributed by atoms with Crippen LogP contribution >= 0.6 is 0 Å². The fraction of sp³-hybridized carbons (Fsp3) is 0.136. The number of rotatable bonds is 7. The molecule has 0 heterocycles. The van der Waals surface area contributed by atoms with E-state index in [-0.39, 0.29) is 17.1 Å². The van der Waals surface area contributed by atoms with E-state index in [2.05, 4.69) is 0 Å². The van der Waals surface area contributed by atoms with E-state index in [4.69, 9.17) is 0 Å². The summed E-state index contributed by atoms with van der Waals surface area (Å²) in [4.78, 5) is 24.4. The van der Waals surface area contributed by atoms with Crippen LogP contribution in [-0.2, 0) is 0 Å². The molecular formula is C22H19NO3. The number of hydrogen-bond donors (Lipinski definition) is 0. The van der Waals surface area contributed by atoms with E-state index in [1.807, 2.05) is 42.5 Å². The maximum atomic E-state index is 12.8.